The summed E-state index contributed by atoms with van der Waals surface area (Å²) in [5, 5.41) is 4.08. The van der Waals surface area contributed by atoms with Crippen LogP contribution in [0.1, 0.15) is 17.5 Å². The van der Waals surface area contributed by atoms with Gasteiger partial charge < -0.3 is 4.74 Å². The number of carbonyl (C=O) groups excluding carboxylic acids is 1. The molecule has 2 rings (SSSR count). The highest BCUT2D eigenvalue weighted by Crippen LogP contribution is 2.09. The predicted molar refractivity (Wildman–Crippen MR) is 71.0 cm³/mol. The number of aromatic nitrogens is 3. The fraction of sp³-hybridized carbons (Fsp3) is 0.357. The van der Waals surface area contributed by atoms with E-state index in [1.807, 2.05) is 19.3 Å². The van der Waals surface area contributed by atoms with Crippen LogP contribution in [0.15, 0.2) is 30.7 Å². The molecule has 0 saturated carbocycles. The van der Waals surface area contributed by atoms with E-state index in [9.17, 15) is 4.79 Å². The third kappa shape index (κ3) is 3.91. The number of ether oxygens (including phenoxy) is 1. The Bertz CT molecular complexity index is 546. The van der Waals surface area contributed by atoms with E-state index in [-0.39, 0.29) is 5.78 Å². The van der Waals surface area contributed by atoms with Crippen molar-refractivity contribution >= 4 is 5.78 Å². The molecule has 0 spiro atoms. The van der Waals surface area contributed by atoms with E-state index < -0.39 is 0 Å². The maximum absolute atomic E-state index is 11.9. The average Bonchev–Trinajstić information content (AvgIpc) is 2.83. The van der Waals surface area contributed by atoms with Crippen molar-refractivity contribution in [2.75, 3.05) is 7.11 Å². The molecule has 100 valence electrons. The highest BCUT2D eigenvalue weighted by atomic mass is 16.5. The van der Waals surface area contributed by atoms with E-state index in [4.69, 9.17) is 4.74 Å². The minimum absolute atomic E-state index is 0.204. The van der Waals surface area contributed by atoms with E-state index in [2.05, 4.69) is 10.1 Å². The molecule has 2 aromatic rings. The van der Waals surface area contributed by atoms with Gasteiger partial charge in [0.2, 0.25) is 5.88 Å². The van der Waals surface area contributed by atoms with Crippen molar-refractivity contribution < 1.29 is 9.53 Å². The predicted octanol–water partition coefficient (Wildman–Crippen LogP) is 1.57. The number of hydrogen-bond acceptors (Lipinski definition) is 4. The summed E-state index contributed by atoms with van der Waals surface area (Å²) in [5.41, 5.74) is 2.00. The highest BCUT2D eigenvalue weighted by Gasteiger charge is 2.06. The summed E-state index contributed by atoms with van der Waals surface area (Å²) >= 11 is 0. The number of carbonyl (C=O) groups is 1. The molecule has 0 radical (unpaired) electrons. The minimum Gasteiger partial charge on any atom is -0.481 e. The van der Waals surface area contributed by atoms with Gasteiger partial charge in [-0.05, 0) is 17.5 Å². The molecular weight excluding hydrogens is 242 g/mol. The lowest BCUT2D eigenvalue weighted by atomic mass is 10.1. The molecule has 0 aromatic carbocycles. The van der Waals surface area contributed by atoms with Gasteiger partial charge in [-0.25, -0.2) is 4.98 Å². The Hall–Kier alpha value is -2.17. The number of methoxy groups -OCH3 is 1. The molecule has 2 aromatic heterocycles. The van der Waals surface area contributed by atoms with Gasteiger partial charge in [-0.15, -0.1) is 0 Å². The number of aryl methyl sites for hydroxylation is 2. The Morgan fingerprint density at radius 1 is 1.32 bits per heavy atom. The summed E-state index contributed by atoms with van der Waals surface area (Å²) < 4.78 is 6.72. The van der Waals surface area contributed by atoms with Crippen molar-refractivity contribution in [1.82, 2.24) is 14.8 Å². The first-order valence-corrected chi connectivity index (χ1v) is 6.15. The van der Waals surface area contributed by atoms with Gasteiger partial charge in [0.05, 0.1) is 13.3 Å². The zero-order chi connectivity index (χ0) is 13.7. The van der Waals surface area contributed by atoms with Crippen LogP contribution in [0.3, 0.4) is 0 Å². The third-order valence-electron chi connectivity index (χ3n) is 2.86. The van der Waals surface area contributed by atoms with E-state index >= 15 is 0 Å². The minimum atomic E-state index is 0.204. The van der Waals surface area contributed by atoms with Crippen LogP contribution < -0.4 is 4.74 Å². The molecule has 0 aliphatic heterocycles. The normalized spacial score (nSPS) is 10.4. The summed E-state index contributed by atoms with van der Waals surface area (Å²) in [6, 6.07) is 3.64. The van der Waals surface area contributed by atoms with Crippen LogP contribution in [0.2, 0.25) is 0 Å². The van der Waals surface area contributed by atoms with Crippen molar-refractivity contribution in [3.8, 4) is 5.88 Å². The number of hydrogen-bond donors (Lipinski definition) is 0. The van der Waals surface area contributed by atoms with Crippen LogP contribution in [0.4, 0.5) is 0 Å². The quantitative estimate of drug-likeness (QED) is 0.790. The van der Waals surface area contributed by atoms with Gasteiger partial charge in [-0.2, -0.15) is 5.10 Å². The third-order valence-corrected chi connectivity index (χ3v) is 2.86. The van der Waals surface area contributed by atoms with Gasteiger partial charge in [0.1, 0.15) is 5.78 Å². The second kappa shape index (κ2) is 6.13. The van der Waals surface area contributed by atoms with Crippen LogP contribution in [-0.2, 0) is 24.7 Å². The molecule has 0 unspecified atom stereocenters. The maximum atomic E-state index is 11.9. The van der Waals surface area contributed by atoms with Gasteiger partial charge in [0.25, 0.3) is 0 Å². The zero-order valence-corrected chi connectivity index (χ0v) is 11.2. The van der Waals surface area contributed by atoms with E-state index in [1.54, 1.807) is 30.3 Å². The molecule has 0 bridgehead atoms. The number of pyridine rings is 1. The first kappa shape index (κ1) is 13.3. The second-order valence-corrected chi connectivity index (χ2v) is 4.45. The molecule has 5 heteroatoms. The lowest BCUT2D eigenvalue weighted by molar-refractivity contribution is -0.118. The first-order valence-electron chi connectivity index (χ1n) is 6.15. The lowest BCUT2D eigenvalue weighted by Gasteiger charge is -2.02. The van der Waals surface area contributed by atoms with Crippen molar-refractivity contribution in [3.63, 3.8) is 0 Å². The molecule has 0 atom stereocenters. The molecule has 0 fully saturated rings. The molecule has 0 saturated heterocycles. The van der Waals surface area contributed by atoms with Crippen molar-refractivity contribution in [1.29, 1.82) is 0 Å². The molecule has 0 N–H and O–H groups in total. The largest absolute Gasteiger partial charge is 0.481 e. The van der Waals surface area contributed by atoms with Crippen molar-refractivity contribution in [3.05, 3.63) is 41.9 Å². The molecule has 19 heavy (non-hydrogen) atoms. The Morgan fingerprint density at radius 2 is 2.16 bits per heavy atom. The van der Waals surface area contributed by atoms with Crippen molar-refractivity contribution in [2.45, 2.75) is 19.3 Å². The summed E-state index contributed by atoms with van der Waals surface area (Å²) in [4.78, 5) is 15.9. The Morgan fingerprint density at radius 3 is 2.74 bits per heavy atom. The van der Waals surface area contributed by atoms with Crippen LogP contribution >= 0.6 is 0 Å². The van der Waals surface area contributed by atoms with E-state index in [1.165, 1.54) is 0 Å². The molecule has 2 heterocycles. The van der Waals surface area contributed by atoms with Crippen LogP contribution in [0.25, 0.3) is 0 Å². The van der Waals surface area contributed by atoms with E-state index in [0.29, 0.717) is 18.7 Å². The summed E-state index contributed by atoms with van der Waals surface area (Å²) in [5.74, 6) is 0.766. The second-order valence-electron chi connectivity index (χ2n) is 4.45. The van der Waals surface area contributed by atoms with Gasteiger partial charge in [0.15, 0.2) is 0 Å². The standard InChI is InChI=1S/C14H17N3O2/c1-17-10-12(9-16-17)3-5-13(18)7-11-4-6-14(19-2)15-8-11/h4,6,8-10H,3,5,7H2,1-2H3. The van der Waals surface area contributed by atoms with Gasteiger partial charge >= 0.3 is 0 Å². The molecule has 0 amide bonds. The fourth-order valence-corrected chi connectivity index (χ4v) is 1.84. The van der Waals surface area contributed by atoms with Crippen LogP contribution in [0, 0.1) is 0 Å². The van der Waals surface area contributed by atoms with Gasteiger partial charge in [0, 0.05) is 38.3 Å². The fourth-order valence-electron chi connectivity index (χ4n) is 1.84. The van der Waals surface area contributed by atoms with E-state index in [0.717, 1.165) is 17.5 Å². The highest BCUT2D eigenvalue weighted by molar-refractivity contribution is 5.81. The summed E-state index contributed by atoms with van der Waals surface area (Å²) in [6.07, 6.45) is 7.08. The molecule has 0 aliphatic carbocycles. The van der Waals surface area contributed by atoms with Crippen molar-refractivity contribution in [2.24, 2.45) is 7.05 Å². The Balaban J connectivity index is 1.83. The number of Topliss-reactive ketones (excluding diaryl/α,β-unsaturated/α-hetero) is 1. The lowest BCUT2D eigenvalue weighted by Crippen LogP contribution is -2.04. The Kier molecular flexibility index (Phi) is 4.28. The smallest absolute Gasteiger partial charge is 0.212 e. The molecular formula is C14H17N3O2. The Labute approximate surface area is 112 Å². The average molecular weight is 259 g/mol. The topological polar surface area (TPSA) is 57.0 Å². The maximum Gasteiger partial charge on any atom is 0.212 e. The van der Waals surface area contributed by atoms with Crippen LogP contribution in [-0.4, -0.2) is 27.7 Å². The SMILES string of the molecule is COc1ccc(CC(=O)CCc2cnn(C)c2)cn1. The summed E-state index contributed by atoms with van der Waals surface area (Å²) in [7, 11) is 3.44. The van der Waals surface area contributed by atoms with Gasteiger partial charge in [-0.3, -0.25) is 9.48 Å². The van der Waals surface area contributed by atoms with Crippen LogP contribution in [0.5, 0.6) is 5.88 Å². The molecule has 0 aliphatic rings. The monoisotopic (exact) mass is 259 g/mol. The molecule has 5 nitrogen and oxygen atoms in total. The van der Waals surface area contributed by atoms with Gasteiger partial charge in [-0.1, -0.05) is 6.07 Å². The number of ketones is 1. The first-order chi connectivity index (χ1) is 9.17. The number of rotatable bonds is 6. The zero-order valence-electron chi connectivity index (χ0n) is 11.2. The number of nitrogens with zero attached hydrogens (tertiary/aromatic N) is 3. The summed E-state index contributed by atoms with van der Waals surface area (Å²) in [6.45, 7) is 0.